The van der Waals surface area contributed by atoms with E-state index in [1.165, 1.54) is 12.1 Å². The minimum absolute atomic E-state index is 0. The number of nitrogens with zero attached hydrogens (tertiary/aromatic N) is 1. The number of nitrogens with two attached hydrogens (primary N) is 1. The average molecular weight is 305 g/mol. The largest absolute Gasteiger partial charge is 0.364 e. The van der Waals surface area contributed by atoms with Gasteiger partial charge < -0.3 is 10.3 Å². The summed E-state index contributed by atoms with van der Waals surface area (Å²) >= 11 is 0. The number of rotatable bonds is 3. The zero-order chi connectivity index (χ0) is 14.1. The third-order valence-electron chi connectivity index (χ3n) is 3.29. The molecule has 2 aromatic carbocycles. The quantitative estimate of drug-likeness (QED) is 0.792. The van der Waals surface area contributed by atoms with Gasteiger partial charge in [0, 0.05) is 17.4 Å². The maximum absolute atomic E-state index is 13.3. The summed E-state index contributed by atoms with van der Waals surface area (Å²) in [5, 5.41) is 0.942. The standard InChI is InChI=1S/C16H13FN2O.ClH/c17-13-6-3-4-11(8-13)10-19-14-7-2-1-5-12(14)9-15(19)16(18)20;/h1-9H,10H2,(H2,18,20);1H. The minimum Gasteiger partial charge on any atom is -0.364 e. The van der Waals surface area contributed by atoms with E-state index in [-0.39, 0.29) is 18.2 Å². The van der Waals surface area contributed by atoms with E-state index in [9.17, 15) is 9.18 Å². The van der Waals surface area contributed by atoms with E-state index >= 15 is 0 Å². The third kappa shape index (κ3) is 2.90. The normalized spacial score (nSPS) is 10.3. The monoisotopic (exact) mass is 304 g/mol. The Morgan fingerprint density at radius 3 is 2.57 bits per heavy atom. The van der Waals surface area contributed by atoms with Crippen LogP contribution in [0.5, 0.6) is 0 Å². The van der Waals surface area contributed by atoms with Gasteiger partial charge in [-0.3, -0.25) is 4.79 Å². The third-order valence-corrected chi connectivity index (χ3v) is 3.29. The molecule has 1 amide bonds. The van der Waals surface area contributed by atoms with E-state index in [0.29, 0.717) is 12.2 Å². The molecule has 2 N–H and O–H groups in total. The fraction of sp³-hybridized carbons (Fsp3) is 0.0625. The molecule has 3 nitrogen and oxygen atoms in total. The van der Waals surface area contributed by atoms with Crippen LogP contribution in [-0.4, -0.2) is 10.5 Å². The van der Waals surface area contributed by atoms with E-state index in [4.69, 9.17) is 5.73 Å². The molecule has 0 bridgehead atoms. The smallest absolute Gasteiger partial charge is 0.265 e. The maximum Gasteiger partial charge on any atom is 0.265 e. The highest BCUT2D eigenvalue weighted by Crippen LogP contribution is 2.21. The van der Waals surface area contributed by atoms with Crippen LogP contribution in [-0.2, 0) is 6.54 Å². The lowest BCUT2D eigenvalue weighted by Gasteiger charge is -2.09. The molecule has 0 saturated carbocycles. The summed E-state index contributed by atoms with van der Waals surface area (Å²) in [5.41, 5.74) is 7.55. The number of primary amides is 1. The Balaban J connectivity index is 0.00000161. The van der Waals surface area contributed by atoms with Gasteiger partial charge in [-0.15, -0.1) is 12.4 Å². The summed E-state index contributed by atoms with van der Waals surface area (Å²) in [6, 6.07) is 15.7. The highest BCUT2D eigenvalue weighted by molar-refractivity contribution is 5.97. The Bertz CT molecular complexity index is 798. The van der Waals surface area contributed by atoms with Crippen LogP contribution >= 0.6 is 12.4 Å². The molecular weight excluding hydrogens is 291 g/mol. The molecule has 21 heavy (non-hydrogen) atoms. The fourth-order valence-corrected chi connectivity index (χ4v) is 2.40. The van der Waals surface area contributed by atoms with Crippen LogP contribution in [0.15, 0.2) is 54.6 Å². The van der Waals surface area contributed by atoms with Gasteiger partial charge in [-0.2, -0.15) is 0 Å². The van der Waals surface area contributed by atoms with Crippen LogP contribution in [0.1, 0.15) is 16.1 Å². The highest BCUT2D eigenvalue weighted by Gasteiger charge is 2.13. The second-order valence-corrected chi connectivity index (χ2v) is 4.67. The maximum atomic E-state index is 13.3. The molecule has 3 rings (SSSR count). The lowest BCUT2D eigenvalue weighted by molar-refractivity contribution is 0.0992. The van der Waals surface area contributed by atoms with Crippen molar-refractivity contribution in [3.8, 4) is 0 Å². The summed E-state index contributed by atoms with van der Waals surface area (Å²) in [4.78, 5) is 11.6. The van der Waals surface area contributed by atoms with Crippen molar-refractivity contribution in [2.24, 2.45) is 5.73 Å². The van der Waals surface area contributed by atoms with Gasteiger partial charge >= 0.3 is 0 Å². The van der Waals surface area contributed by atoms with Crippen LogP contribution in [0.3, 0.4) is 0 Å². The topological polar surface area (TPSA) is 48.0 Å². The van der Waals surface area contributed by atoms with Crippen molar-refractivity contribution in [3.05, 3.63) is 71.7 Å². The summed E-state index contributed by atoms with van der Waals surface area (Å²) in [6.45, 7) is 0.406. The van der Waals surface area contributed by atoms with Crippen LogP contribution < -0.4 is 5.73 Å². The number of carbonyl (C=O) groups excluding carboxylic acids is 1. The number of carbonyl (C=O) groups is 1. The second kappa shape index (κ2) is 5.97. The first-order valence-corrected chi connectivity index (χ1v) is 6.27. The fourth-order valence-electron chi connectivity index (χ4n) is 2.40. The van der Waals surface area contributed by atoms with Crippen molar-refractivity contribution in [1.82, 2.24) is 4.57 Å². The Kier molecular flexibility index (Phi) is 4.29. The molecule has 0 saturated heterocycles. The van der Waals surface area contributed by atoms with Gasteiger partial charge in [0.2, 0.25) is 0 Å². The van der Waals surface area contributed by atoms with Gasteiger partial charge in [-0.1, -0.05) is 30.3 Å². The molecule has 0 spiro atoms. The molecule has 5 heteroatoms. The molecule has 0 radical (unpaired) electrons. The molecule has 0 aliphatic rings. The summed E-state index contributed by atoms with van der Waals surface area (Å²) in [5.74, 6) is -0.780. The van der Waals surface area contributed by atoms with Crippen molar-refractivity contribution in [2.75, 3.05) is 0 Å². The van der Waals surface area contributed by atoms with Crippen molar-refractivity contribution in [2.45, 2.75) is 6.54 Å². The number of amides is 1. The second-order valence-electron chi connectivity index (χ2n) is 4.67. The number of fused-ring (bicyclic) bond motifs is 1. The molecular formula is C16H14ClFN2O. The van der Waals surface area contributed by atoms with Crippen LogP contribution in [0, 0.1) is 5.82 Å². The van der Waals surface area contributed by atoms with E-state index in [1.807, 2.05) is 34.9 Å². The van der Waals surface area contributed by atoms with Gasteiger partial charge in [-0.25, -0.2) is 4.39 Å². The van der Waals surface area contributed by atoms with Crippen molar-refractivity contribution in [3.63, 3.8) is 0 Å². The first kappa shape index (κ1) is 15.1. The van der Waals surface area contributed by atoms with E-state index in [2.05, 4.69) is 0 Å². The molecule has 1 aromatic heterocycles. The van der Waals surface area contributed by atoms with Gasteiger partial charge in [-0.05, 0) is 29.8 Å². The Labute approximate surface area is 127 Å². The van der Waals surface area contributed by atoms with E-state index in [0.717, 1.165) is 16.5 Å². The molecule has 3 aromatic rings. The number of halogens is 2. The van der Waals surface area contributed by atoms with E-state index < -0.39 is 5.91 Å². The molecule has 108 valence electrons. The number of benzene rings is 2. The Morgan fingerprint density at radius 1 is 1.10 bits per heavy atom. The summed E-state index contributed by atoms with van der Waals surface area (Å²) < 4.78 is 15.1. The van der Waals surface area contributed by atoms with E-state index in [1.54, 1.807) is 12.1 Å². The van der Waals surface area contributed by atoms with Crippen LogP contribution in [0.2, 0.25) is 0 Å². The number of aromatic nitrogens is 1. The predicted octanol–water partition coefficient (Wildman–Crippen LogP) is 3.35. The number of hydrogen-bond donors (Lipinski definition) is 1. The average Bonchev–Trinajstić information content (AvgIpc) is 2.78. The zero-order valence-electron chi connectivity index (χ0n) is 11.1. The van der Waals surface area contributed by atoms with Crippen molar-refractivity contribution >= 4 is 29.2 Å². The first-order valence-electron chi connectivity index (χ1n) is 6.27. The zero-order valence-corrected chi connectivity index (χ0v) is 11.9. The van der Waals surface area contributed by atoms with Crippen LogP contribution in [0.25, 0.3) is 10.9 Å². The van der Waals surface area contributed by atoms with Gasteiger partial charge in [0.1, 0.15) is 11.5 Å². The SMILES string of the molecule is Cl.NC(=O)c1cc2ccccc2n1Cc1cccc(F)c1. The predicted molar refractivity (Wildman–Crippen MR) is 83.2 cm³/mol. The van der Waals surface area contributed by atoms with Gasteiger partial charge in [0.15, 0.2) is 0 Å². The molecule has 0 unspecified atom stereocenters. The summed E-state index contributed by atoms with van der Waals surface area (Å²) in [7, 11) is 0. The van der Waals surface area contributed by atoms with Gasteiger partial charge in [0.05, 0.1) is 0 Å². The molecule has 0 aliphatic heterocycles. The number of para-hydroxylation sites is 1. The summed E-state index contributed by atoms with van der Waals surface area (Å²) in [6.07, 6.45) is 0. The first-order chi connectivity index (χ1) is 9.65. The molecule has 0 fully saturated rings. The van der Waals surface area contributed by atoms with Gasteiger partial charge in [0.25, 0.3) is 5.91 Å². The lowest BCUT2D eigenvalue weighted by Crippen LogP contribution is -2.17. The highest BCUT2D eigenvalue weighted by atomic mass is 35.5. The van der Waals surface area contributed by atoms with Crippen molar-refractivity contribution in [1.29, 1.82) is 0 Å². The molecule has 0 atom stereocenters. The number of hydrogen-bond acceptors (Lipinski definition) is 1. The van der Waals surface area contributed by atoms with Crippen LogP contribution in [0.4, 0.5) is 4.39 Å². The van der Waals surface area contributed by atoms with Crippen molar-refractivity contribution < 1.29 is 9.18 Å². The Hall–Kier alpha value is -2.33. The lowest BCUT2D eigenvalue weighted by atomic mass is 10.2. The minimum atomic E-state index is -0.488. The molecule has 0 aliphatic carbocycles. The Morgan fingerprint density at radius 2 is 1.86 bits per heavy atom. The molecule has 1 heterocycles.